The van der Waals surface area contributed by atoms with Gasteiger partial charge in [-0.2, -0.15) is 0 Å². The molecule has 90 valence electrons. The van der Waals surface area contributed by atoms with E-state index in [1.165, 1.54) is 0 Å². The van der Waals surface area contributed by atoms with Crippen molar-refractivity contribution in [2.24, 2.45) is 11.8 Å². The van der Waals surface area contributed by atoms with E-state index in [1.54, 1.807) is 0 Å². The van der Waals surface area contributed by atoms with Crippen molar-refractivity contribution in [2.75, 3.05) is 6.61 Å². The summed E-state index contributed by atoms with van der Waals surface area (Å²) >= 11 is 0. The van der Waals surface area contributed by atoms with Gasteiger partial charge in [0.25, 0.3) is 0 Å². The normalized spacial score (nSPS) is 25.4. The number of hydrogen-bond donors (Lipinski definition) is 2. The predicted octanol–water partition coefficient (Wildman–Crippen LogP) is 1.39. The van der Waals surface area contributed by atoms with Crippen molar-refractivity contribution < 1.29 is 19.8 Å². The summed E-state index contributed by atoms with van der Waals surface area (Å²) in [5.74, 6) is -0.793. The molecule has 0 heterocycles. The minimum Gasteiger partial charge on any atom is -0.481 e. The van der Waals surface area contributed by atoms with Gasteiger partial charge in [0.05, 0.1) is 0 Å². The van der Waals surface area contributed by atoms with Crippen LogP contribution in [0, 0.1) is 11.8 Å². The molecule has 0 radical (unpaired) electrons. The number of aliphatic carboxylic acids is 1. The highest BCUT2D eigenvalue weighted by Crippen LogP contribution is 2.33. The minimum absolute atomic E-state index is 0.0104. The highest BCUT2D eigenvalue weighted by atomic mass is 16.4. The van der Waals surface area contributed by atoms with E-state index in [2.05, 4.69) is 0 Å². The van der Waals surface area contributed by atoms with Crippen molar-refractivity contribution in [1.29, 1.82) is 0 Å². The van der Waals surface area contributed by atoms with Gasteiger partial charge in [-0.15, -0.1) is 0 Å². The van der Waals surface area contributed by atoms with E-state index >= 15 is 0 Å². The Morgan fingerprint density at radius 3 is 2.81 bits per heavy atom. The Bertz CT molecular complexity index is 283. The van der Waals surface area contributed by atoms with Crippen LogP contribution in [0.4, 0.5) is 0 Å². The zero-order chi connectivity index (χ0) is 12.0. The van der Waals surface area contributed by atoms with Gasteiger partial charge < -0.3 is 10.2 Å². The zero-order valence-electron chi connectivity index (χ0n) is 9.26. The lowest BCUT2D eigenvalue weighted by molar-refractivity contribution is -0.138. The predicted molar refractivity (Wildman–Crippen MR) is 58.9 cm³/mol. The highest BCUT2D eigenvalue weighted by Gasteiger charge is 2.34. The van der Waals surface area contributed by atoms with Gasteiger partial charge in [-0.05, 0) is 25.2 Å². The Balaban J connectivity index is 2.46. The molecule has 1 aliphatic carbocycles. The van der Waals surface area contributed by atoms with Crippen molar-refractivity contribution in [1.82, 2.24) is 0 Å². The maximum atomic E-state index is 11.6. The Kier molecular flexibility index (Phi) is 5.19. The van der Waals surface area contributed by atoms with Gasteiger partial charge in [-0.1, -0.05) is 12.2 Å². The quantitative estimate of drug-likeness (QED) is 0.671. The molecule has 0 aliphatic heterocycles. The van der Waals surface area contributed by atoms with E-state index in [9.17, 15) is 9.59 Å². The first kappa shape index (κ1) is 12.9. The lowest BCUT2D eigenvalue weighted by atomic mass is 9.89. The molecule has 2 N–H and O–H groups in total. The number of carboxylic acids is 1. The van der Waals surface area contributed by atoms with Crippen LogP contribution < -0.4 is 0 Å². The molecule has 0 spiro atoms. The van der Waals surface area contributed by atoms with E-state index in [0.717, 1.165) is 0 Å². The van der Waals surface area contributed by atoms with Crippen molar-refractivity contribution >= 4 is 11.8 Å². The average molecular weight is 226 g/mol. The molecule has 0 aromatic rings. The fraction of sp³-hybridized carbons (Fsp3) is 0.667. The van der Waals surface area contributed by atoms with Gasteiger partial charge in [0.1, 0.15) is 5.78 Å². The summed E-state index contributed by atoms with van der Waals surface area (Å²) in [5.41, 5.74) is 0. The summed E-state index contributed by atoms with van der Waals surface area (Å²) in [7, 11) is 0. The number of carbonyl (C=O) groups is 2. The number of carbonyl (C=O) groups excluding carboxylic acids is 1. The number of aliphatic hydroxyl groups is 1. The molecule has 0 saturated heterocycles. The van der Waals surface area contributed by atoms with Gasteiger partial charge in [-0.3, -0.25) is 9.59 Å². The topological polar surface area (TPSA) is 74.6 Å². The maximum Gasteiger partial charge on any atom is 0.303 e. The number of ketones is 1. The number of Topliss-reactive ketones (excluding diaryl/α,β-unsaturated/α-hetero) is 1. The first-order valence-corrected chi connectivity index (χ1v) is 5.65. The van der Waals surface area contributed by atoms with Crippen LogP contribution in [-0.4, -0.2) is 28.6 Å². The smallest absolute Gasteiger partial charge is 0.303 e. The van der Waals surface area contributed by atoms with Gasteiger partial charge in [0.15, 0.2) is 0 Å². The number of rotatable bonds is 6. The summed E-state index contributed by atoms with van der Waals surface area (Å²) in [4.78, 5) is 22.2. The minimum atomic E-state index is -0.830. The van der Waals surface area contributed by atoms with Gasteiger partial charge in [0.2, 0.25) is 0 Å². The van der Waals surface area contributed by atoms with Crippen LogP contribution in [0.3, 0.4) is 0 Å². The number of hydrogen-bond acceptors (Lipinski definition) is 3. The van der Waals surface area contributed by atoms with Gasteiger partial charge in [-0.25, -0.2) is 0 Å². The second-order valence-corrected chi connectivity index (χ2v) is 4.19. The molecule has 1 aliphatic rings. The van der Waals surface area contributed by atoms with Crippen LogP contribution in [0.1, 0.15) is 32.1 Å². The third-order valence-electron chi connectivity index (χ3n) is 3.03. The third kappa shape index (κ3) is 3.77. The Hall–Kier alpha value is -1.16. The van der Waals surface area contributed by atoms with Crippen molar-refractivity contribution in [3.8, 4) is 0 Å². The molecule has 2 atom stereocenters. The molecule has 1 rings (SSSR count). The van der Waals surface area contributed by atoms with Gasteiger partial charge >= 0.3 is 5.97 Å². The van der Waals surface area contributed by atoms with E-state index < -0.39 is 5.97 Å². The second-order valence-electron chi connectivity index (χ2n) is 4.19. The van der Waals surface area contributed by atoms with Crippen LogP contribution in [0.2, 0.25) is 0 Å². The zero-order valence-corrected chi connectivity index (χ0v) is 9.26. The van der Waals surface area contributed by atoms with E-state index in [1.807, 2.05) is 12.2 Å². The van der Waals surface area contributed by atoms with Crippen LogP contribution in [-0.2, 0) is 9.59 Å². The molecule has 4 heteroatoms. The molecule has 0 aromatic carbocycles. The molecule has 0 unspecified atom stereocenters. The van der Waals surface area contributed by atoms with Crippen LogP contribution in [0.25, 0.3) is 0 Å². The largest absolute Gasteiger partial charge is 0.481 e. The van der Waals surface area contributed by atoms with E-state index in [0.29, 0.717) is 25.7 Å². The highest BCUT2D eigenvalue weighted by molar-refractivity contribution is 5.84. The Morgan fingerprint density at radius 2 is 2.19 bits per heavy atom. The van der Waals surface area contributed by atoms with E-state index in [-0.39, 0.29) is 30.6 Å². The fourth-order valence-electron chi connectivity index (χ4n) is 2.20. The van der Waals surface area contributed by atoms with Crippen LogP contribution in [0.15, 0.2) is 12.2 Å². The van der Waals surface area contributed by atoms with Crippen LogP contribution in [0.5, 0.6) is 0 Å². The van der Waals surface area contributed by atoms with Gasteiger partial charge in [0, 0.05) is 25.4 Å². The Morgan fingerprint density at radius 1 is 1.44 bits per heavy atom. The molecule has 0 aromatic heterocycles. The van der Waals surface area contributed by atoms with Crippen molar-refractivity contribution in [3.63, 3.8) is 0 Å². The summed E-state index contributed by atoms with van der Waals surface area (Å²) in [6.45, 7) is 0.105. The molecule has 4 nitrogen and oxygen atoms in total. The first-order valence-electron chi connectivity index (χ1n) is 5.65. The summed E-state index contributed by atoms with van der Waals surface area (Å²) < 4.78 is 0. The number of carboxylic acid groups (broad SMARTS) is 1. The number of aliphatic hydroxyl groups excluding tert-OH is 1. The molecular weight excluding hydrogens is 208 g/mol. The lowest BCUT2D eigenvalue weighted by Crippen LogP contribution is -2.17. The maximum absolute atomic E-state index is 11.6. The molecule has 1 fully saturated rings. The van der Waals surface area contributed by atoms with E-state index in [4.69, 9.17) is 10.2 Å². The Labute approximate surface area is 95.0 Å². The van der Waals surface area contributed by atoms with Crippen molar-refractivity contribution in [3.05, 3.63) is 12.2 Å². The SMILES string of the molecule is O=C(O)C[C@H]1CCC(=O)[C@H]1CC=CCCO. The summed E-state index contributed by atoms with van der Waals surface area (Å²) in [5, 5.41) is 17.3. The third-order valence-corrected chi connectivity index (χ3v) is 3.03. The van der Waals surface area contributed by atoms with Crippen molar-refractivity contribution in [2.45, 2.75) is 32.1 Å². The molecule has 0 bridgehead atoms. The first-order chi connectivity index (χ1) is 7.65. The summed E-state index contributed by atoms with van der Waals surface area (Å²) in [6, 6.07) is 0. The molecular formula is C12H18O4. The lowest BCUT2D eigenvalue weighted by Gasteiger charge is -2.14. The number of allylic oxidation sites excluding steroid dienone is 1. The fourth-order valence-corrected chi connectivity index (χ4v) is 2.20. The standard InChI is InChI=1S/C12H18O4/c13-7-3-1-2-4-10-9(8-12(15)16)5-6-11(10)14/h1-2,9-10,13H,3-8H2,(H,15,16)/t9-,10+/m1/s1. The average Bonchev–Trinajstić information content (AvgIpc) is 2.55. The monoisotopic (exact) mass is 226 g/mol. The summed E-state index contributed by atoms with van der Waals surface area (Å²) in [6.07, 6.45) is 6.20. The van der Waals surface area contributed by atoms with Crippen LogP contribution >= 0.6 is 0 Å². The molecule has 0 amide bonds. The molecule has 16 heavy (non-hydrogen) atoms. The second kappa shape index (κ2) is 6.43. The molecule has 1 saturated carbocycles.